The largest absolute Gasteiger partial charge is 0.345 e. The summed E-state index contributed by atoms with van der Waals surface area (Å²) in [5.74, 6) is 0. The monoisotopic (exact) mass is 211 g/mol. The number of anilines is 1. The average Bonchev–Trinajstić information content (AvgIpc) is 2.90. The lowest BCUT2D eigenvalue weighted by Crippen LogP contribution is -2.24. The Labute approximate surface area is 89.1 Å². The zero-order valence-corrected chi connectivity index (χ0v) is 9.60. The lowest BCUT2D eigenvalue weighted by Gasteiger charge is -2.18. The molecule has 1 heterocycles. The second-order valence-electron chi connectivity index (χ2n) is 3.66. The molecule has 0 unspecified atom stereocenters. The van der Waals surface area contributed by atoms with Gasteiger partial charge in [0.25, 0.3) is 0 Å². The van der Waals surface area contributed by atoms with E-state index in [1.807, 2.05) is 24.6 Å². The normalized spacial score (nSPS) is 15.9. The first-order valence-corrected chi connectivity index (χ1v) is 6.02. The highest BCUT2D eigenvalue weighted by Crippen LogP contribution is 2.33. The molecule has 0 atom stereocenters. The van der Waals surface area contributed by atoms with E-state index in [2.05, 4.69) is 22.1 Å². The van der Waals surface area contributed by atoms with Crippen molar-refractivity contribution in [1.29, 1.82) is 0 Å². The summed E-state index contributed by atoms with van der Waals surface area (Å²) in [5.41, 5.74) is 0. The van der Waals surface area contributed by atoms with E-state index < -0.39 is 0 Å². The molecule has 2 rings (SSSR count). The molecule has 3 nitrogen and oxygen atoms in total. The molecule has 0 radical (unpaired) electrons. The van der Waals surface area contributed by atoms with Crippen molar-refractivity contribution in [3.63, 3.8) is 0 Å². The quantitative estimate of drug-likeness (QED) is 0.805. The third-order valence-electron chi connectivity index (χ3n) is 2.47. The standard InChI is InChI=1S/C10H17N3S/c1-3-13(8-4-5-8)10-12-7-9(14-10)6-11-2/h7-8,11H,3-6H2,1-2H3. The maximum absolute atomic E-state index is 4.47. The van der Waals surface area contributed by atoms with Crippen molar-refractivity contribution in [3.8, 4) is 0 Å². The Morgan fingerprint density at radius 3 is 3.00 bits per heavy atom. The summed E-state index contributed by atoms with van der Waals surface area (Å²) in [5, 5.41) is 4.35. The second kappa shape index (κ2) is 4.28. The van der Waals surface area contributed by atoms with E-state index >= 15 is 0 Å². The number of thiazole rings is 1. The van der Waals surface area contributed by atoms with Gasteiger partial charge in [-0.2, -0.15) is 0 Å². The van der Waals surface area contributed by atoms with Crippen LogP contribution in [0.2, 0.25) is 0 Å². The molecule has 1 aliphatic carbocycles. The van der Waals surface area contributed by atoms with Gasteiger partial charge in [0.05, 0.1) is 0 Å². The zero-order chi connectivity index (χ0) is 9.97. The molecule has 1 aromatic heterocycles. The topological polar surface area (TPSA) is 28.2 Å². The number of hydrogen-bond acceptors (Lipinski definition) is 4. The van der Waals surface area contributed by atoms with E-state index in [1.54, 1.807) is 0 Å². The summed E-state index contributed by atoms with van der Waals surface area (Å²) in [6.07, 6.45) is 4.67. The van der Waals surface area contributed by atoms with E-state index in [1.165, 1.54) is 22.9 Å². The molecule has 14 heavy (non-hydrogen) atoms. The van der Waals surface area contributed by atoms with Gasteiger partial charge < -0.3 is 10.2 Å². The first-order chi connectivity index (χ1) is 6.85. The van der Waals surface area contributed by atoms with Gasteiger partial charge in [-0.3, -0.25) is 0 Å². The molecule has 0 aromatic carbocycles. The van der Waals surface area contributed by atoms with Gasteiger partial charge in [-0.25, -0.2) is 4.98 Å². The molecule has 4 heteroatoms. The highest BCUT2D eigenvalue weighted by molar-refractivity contribution is 7.15. The van der Waals surface area contributed by atoms with Crippen LogP contribution >= 0.6 is 11.3 Å². The second-order valence-corrected chi connectivity index (χ2v) is 4.75. The van der Waals surface area contributed by atoms with Gasteiger partial charge in [0.15, 0.2) is 5.13 Å². The summed E-state index contributed by atoms with van der Waals surface area (Å²) in [6.45, 7) is 4.22. The van der Waals surface area contributed by atoms with Crippen LogP contribution in [0.15, 0.2) is 6.20 Å². The van der Waals surface area contributed by atoms with Gasteiger partial charge in [0.2, 0.25) is 0 Å². The molecule has 1 aromatic rings. The van der Waals surface area contributed by atoms with Crippen molar-refractivity contribution >= 4 is 16.5 Å². The molecule has 0 bridgehead atoms. The number of hydrogen-bond donors (Lipinski definition) is 1. The minimum atomic E-state index is 0.772. The van der Waals surface area contributed by atoms with Crippen molar-refractivity contribution in [2.24, 2.45) is 0 Å². The Morgan fingerprint density at radius 1 is 1.64 bits per heavy atom. The van der Waals surface area contributed by atoms with Crippen LogP contribution in [0.25, 0.3) is 0 Å². The van der Waals surface area contributed by atoms with Gasteiger partial charge in [0, 0.05) is 30.2 Å². The van der Waals surface area contributed by atoms with E-state index in [0.29, 0.717) is 0 Å². The molecule has 1 aliphatic rings. The molecule has 1 saturated carbocycles. The molecule has 0 saturated heterocycles. The van der Waals surface area contributed by atoms with Crippen molar-refractivity contribution < 1.29 is 0 Å². The number of nitrogens with one attached hydrogen (secondary N) is 1. The van der Waals surface area contributed by atoms with Crippen LogP contribution < -0.4 is 10.2 Å². The van der Waals surface area contributed by atoms with Crippen LogP contribution in [0, 0.1) is 0 Å². The van der Waals surface area contributed by atoms with Gasteiger partial charge in [-0.1, -0.05) is 0 Å². The van der Waals surface area contributed by atoms with Crippen LogP contribution in [0.3, 0.4) is 0 Å². The zero-order valence-electron chi connectivity index (χ0n) is 8.79. The van der Waals surface area contributed by atoms with Crippen molar-refractivity contribution in [2.45, 2.75) is 32.4 Å². The lowest BCUT2D eigenvalue weighted by atomic mass is 10.5. The van der Waals surface area contributed by atoms with Gasteiger partial charge in [-0.05, 0) is 26.8 Å². The van der Waals surface area contributed by atoms with E-state index in [9.17, 15) is 0 Å². The first kappa shape index (κ1) is 9.93. The van der Waals surface area contributed by atoms with Crippen molar-refractivity contribution in [1.82, 2.24) is 10.3 Å². The molecule has 1 fully saturated rings. The fourth-order valence-electron chi connectivity index (χ4n) is 1.62. The minimum absolute atomic E-state index is 0.772. The first-order valence-electron chi connectivity index (χ1n) is 5.21. The van der Waals surface area contributed by atoms with Gasteiger partial charge in [-0.15, -0.1) is 11.3 Å². The van der Waals surface area contributed by atoms with Gasteiger partial charge in [0.1, 0.15) is 0 Å². The summed E-state index contributed by atoms with van der Waals surface area (Å²) in [7, 11) is 1.97. The predicted molar refractivity (Wildman–Crippen MR) is 60.9 cm³/mol. The van der Waals surface area contributed by atoms with Crippen LogP contribution in [0.4, 0.5) is 5.13 Å². The van der Waals surface area contributed by atoms with Crippen molar-refractivity contribution in [2.75, 3.05) is 18.5 Å². The van der Waals surface area contributed by atoms with Crippen LogP contribution in [0.1, 0.15) is 24.6 Å². The third-order valence-corrected chi connectivity index (χ3v) is 3.50. The summed E-state index contributed by atoms with van der Waals surface area (Å²) in [4.78, 5) is 8.21. The molecule has 1 N–H and O–H groups in total. The Hall–Kier alpha value is -0.610. The van der Waals surface area contributed by atoms with Crippen LogP contribution in [0.5, 0.6) is 0 Å². The molecular weight excluding hydrogens is 194 g/mol. The lowest BCUT2D eigenvalue weighted by molar-refractivity contribution is 0.819. The molecule has 0 spiro atoms. The number of nitrogens with zero attached hydrogens (tertiary/aromatic N) is 2. The molecule has 78 valence electrons. The van der Waals surface area contributed by atoms with Gasteiger partial charge >= 0.3 is 0 Å². The third kappa shape index (κ3) is 2.07. The maximum atomic E-state index is 4.47. The highest BCUT2D eigenvalue weighted by atomic mass is 32.1. The van der Waals surface area contributed by atoms with Crippen molar-refractivity contribution in [3.05, 3.63) is 11.1 Å². The number of aromatic nitrogens is 1. The highest BCUT2D eigenvalue weighted by Gasteiger charge is 2.29. The Morgan fingerprint density at radius 2 is 2.43 bits per heavy atom. The van der Waals surface area contributed by atoms with E-state index in [-0.39, 0.29) is 0 Å². The molecule has 0 amide bonds. The summed E-state index contributed by atoms with van der Waals surface area (Å²) in [6, 6.07) is 0.772. The molecule has 0 aliphatic heterocycles. The van der Waals surface area contributed by atoms with Crippen LogP contribution in [-0.4, -0.2) is 24.6 Å². The predicted octanol–water partition coefficient (Wildman–Crippen LogP) is 1.85. The Bertz CT molecular complexity index is 293. The fraction of sp³-hybridized carbons (Fsp3) is 0.700. The average molecular weight is 211 g/mol. The Balaban J connectivity index is 2.05. The maximum Gasteiger partial charge on any atom is 0.185 e. The fourth-order valence-corrected chi connectivity index (χ4v) is 2.68. The molecular formula is C10H17N3S. The SMILES string of the molecule is CCN(c1ncc(CNC)s1)C1CC1. The van der Waals surface area contributed by atoms with Crippen LogP contribution in [-0.2, 0) is 6.54 Å². The van der Waals surface area contributed by atoms with E-state index in [4.69, 9.17) is 0 Å². The minimum Gasteiger partial charge on any atom is -0.345 e. The summed E-state index contributed by atoms with van der Waals surface area (Å²) < 4.78 is 0. The smallest absolute Gasteiger partial charge is 0.185 e. The summed E-state index contributed by atoms with van der Waals surface area (Å²) >= 11 is 1.81. The number of rotatable bonds is 5. The Kier molecular flexibility index (Phi) is 3.03. The van der Waals surface area contributed by atoms with E-state index in [0.717, 1.165) is 19.1 Å².